The van der Waals surface area contributed by atoms with Gasteiger partial charge in [-0.25, -0.2) is 4.98 Å². The molecular weight excluding hydrogens is 352 g/mol. The van der Waals surface area contributed by atoms with Gasteiger partial charge in [0.15, 0.2) is 5.16 Å². The normalized spacial score (nSPS) is 11.1. The second-order valence-corrected chi connectivity index (χ2v) is 6.89. The highest BCUT2D eigenvalue weighted by atomic mass is 79.9. The second-order valence-electron chi connectivity index (χ2n) is 5.09. The van der Waals surface area contributed by atoms with E-state index in [-0.39, 0.29) is 5.75 Å². The fourth-order valence-corrected chi connectivity index (χ4v) is 3.16. The molecule has 0 atom stereocenters. The summed E-state index contributed by atoms with van der Waals surface area (Å²) in [5, 5.41) is 9.59. The Morgan fingerprint density at radius 2 is 2.19 bits per heavy atom. The zero-order valence-electron chi connectivity index (χ0n) is 12.1. The number of aryl methyl sites for hydroxylation is 1. The molecule has 4 nitrogen and oxygen atoms in total. The number of carbonyl (C=O) groups is 1. The first-order chi connectivity index (χ1) is 9.90. The molecule has 0 bridgehead atoms. The van der Waals surface area contributed by atoms with E-state index in [0.29, 0.717) is 11.1 Å². The lowest BCUT2D eigenvalue weighted by Gasteiger charge is -2.15. The molecule has 0 spiro atoms. The number of benzene rings is 1. The number of aromatic nitrogens is 2. The fourth-order valence-electron chi connectivity index (χ4n) is 2.02. The van der Waals surface area contributed by atoms with Crippen LogP contribution in [0.15, 0.2) is 34.0 Å². The molecule has 112 valence electrons. The van der Waals surface area contributed by atoms with Crippen LogP contribution in [-0.2, 0) is 4.79 Å². The Hall–Kier alpha value is -1.27. The number of hydrogen-bond donors (Lipinski definition) is 1. The van der Waals surface area contributed by atoms with Crippen molar-refractivity contribution in [2.45, 2.75) is 31.8 Å². The topological polar surface area (TPSA) is 55.1 Å². The van der Waals surface area contributed by atoms with Crippen molar-refractivity contribution in [3.63, 3.8) is 0 Å². The first-order valence-corrected chi connectivity index (χ1v) is 8.36. The summed E-state index contributed by atoms with van der Waals surface area (Å²) in [6.07, 6.45) is 1.82. The molecule has 21 heavy (non-hydrogen) atoms. The van der Waals surface area contributed by atoms with Gasteiger partial charge < -0.3 is 5.11 Å². The molecule has 0 unspecified atom stereocenters. The predicted molar refractivity (Wildman–Crippen MR) is 88.4 cm³/mol. The molecule has 1 N–H and O–H groups in total. The lowest BCUT2D eigenvalue weighted by atomic mass is 10.1. The quantitative estimate of drug-likeness (QED) is 0.801. The minimum Gasteiger partial charge on any atom is -0.481 e. The van der Waals surface area contributed by atoms with Crippen LogP contribution in [-0.4, -0.2) is 26.4 Å². The van der Waals surface area contributed by atoms with Gasteiger partial charge in [0.2, 0.25) is 0 Å². The van der Waals surface area contributed by atoms with E-state index in [0.717, 1.165) is 21.4 Å². The Balaban J connectivity index is 2.55. The van der Waals surface area contributed by atoms with Gasteiger partial charge >= 0.3 is 5.97 Å². The van der Waals surface area contributed by atoms with Gasteiger partial charge in [0, 0.05) is 10.2 Å². The number of rotatable bonds is 5. The number of carboxylic acid groups (broad SMARTS) is 1. The molecule has 1 aromatic heterocycles. The third-order valence-electron chi connectivity index (χ3n) is 3.02. The van der Waals surface area contributed by atoms with Gasteiger partial charge in [0.05, 0.1) is 17.6 Å². The van der Waals surface area contributed by atoms with Crippen LogP contribution in [0.25, 0.3) is 5.69 Å². The average molecular weight is 369 g/mol. The highest BCUT2D eigenvalue weighted by molar-refractivity contribution is 9.10. The van der Waals surface area contributed by atoms with Gasteiger partial charge in [-0.1, -0.05) is 31.7 Å². The van der Waals surface area contributed by atoms with Crippen LogP contribution in [0.3, 0.4) is 0 Å². The molecule has 0 aliphatic carbocycles. The van der Waals surface area contributed by atoms with Crippen molar-refractivity contribution in [2.75, 3.05) is 5.75 Å². The molecule has 0 saturated heterocycles. The molecule has 0 aliphatic heterocycles. The number of nitrogens with zero attached hydrogens (tertiary/aromatic N) is 2. The number of carboxylic acids is 1. The van der Waals surface area contributed by atoms with E-state index in [1.165, 1.54) is 11.8 Å². The van der Waals surface area contributed by atoms with Crippen molar-refractivity contribution in [3.05, 3.63) is 40.1 Å². The third-order valence-corrected chi connectivity index (χ3v) is 4.62. The van der Waals surface area contributed by atoms with Crippen LogP contribution in [0.1, 0.15) is 31.0 Å². The van der Waals surface area contributed by atoms with Crippen LogP contribution in [0.2, 0.25) is 0 Å². The van der Waals surface area contributed by atoms with Crippen molar-refractivity contribution in [1.82, 2.24) is 9.55 Å². The molecule has 0 saturated carbocycles. The van der Waals surface area contributed by atoms with E-state index >= 15 is 0 Å². The summed E-state index contributed by atoms with van der Waals surface area (Å²) in [5.74, 6) is -0.550. The molecule has 1 aromatic carbocycles. The predicted octanol–water partition coefficient (Wildman–Crippen LogP) is 4.24. The Morgan fingerprint density at radius 1 is 1.48 bits per heavy atom. The summed E-state index contributed by atoms with van der Waals surface area (Å²) in [4.78, 5) is 15.2. The minimum atomic E-state index is -0.844. The van der Waals surface area contributed by atoms with Crippen molar-refractivity contribution >= 4 is 33.7 Å². The number of aliphatic carboxylic acids is 1. The van der Waals surface area contributed by atoms with E-state index in [1.54, 1.807) is 0 Å². The Bertz CT molecular complexity index is 668. The number of thioether (sulfide) groups is 1. The molecule has 0 amide bonds. The molecule has 0 radical (unpaired) electrons. The summed E-state index contributed by atoms with van der Waals surface area (Å²) in [6.45, 7) is 6.23. The molecule has 2 aromatic rings. The third kappa shape index (κ3) is 3.68. The van der Waals surface area contributed by atoms with Gasteiger partial charge in [-0.05, 0) is 46.5 Å². The molecule has 1 heterocycles. The van der Waals surface area contributed by atoms with Gasteiger partial charge in [0.1, 0.15) is 0 Å². The summed E-state index contributed by atoms with van der Waals surface area (Å²) in [5.41, 5.74) is 3.20. The van der Waals surface area contributed by atoms with Crippen LogP contribution in [0.5, 0.6) is 0 Å². The minimum absolute atomic E-state index is 0.00200. The standard InChI is InChI=1S/C15H17BrN2O2S/c1-9(2)13-7-17-15(21-8-14(19)20)18(13)12-6-10(3)4-5-11(12)16/h4-7,9H,8H2,1-3H3,(H,19,20). The first-order valence-electron chi connectivity index (χ1n) is 6.59. The number of halogens is 1. The van der Waals surface area contributed by atoms with Gasteiger partial charge in [-0.2, -0.15) is 0 Å². The van der Waals surface area contributed by atoms with Crippen LogP contribution in [0, 0.1) is 6.92 Å². The summed E-state index contributed by atoms with van der Waals surface area (Å²) < 4.78 is 3.00. The monoisotopic (exact) mass is 368 g/mol. The fraction of sp³-hybridized carbons (Fsp3) is 0.333. The SMILES string of the molecule is Cc1ccc(Br)c(-n2c(C(C)C)cnc2SCC(=O)O)c1. The maximum atomic E-state index is 10.8. The second kappa shape index (κ2) is 6.66. The largest absolute Gasteiger partial charge is 0.481 e. The van der Waals surface area contributed by atoms with E-state index in [2.05, 4.69) is 40.8 Å². The van der Waals surface area contributed by atoms with Crippen LogP contribution >= 0.6 is 27.7 Å². The Morgan fingerprint density at radius 3 is 2.81 bits per heavy atom. The first kappa shape index (κ1) is 16.1. The van der Waals surface area contributed by atoms with Crippen LogP contribution in [0.4, 0.5) is 0 Å². The lowest BCUT2D eigenvalue weighted by Crippen LogP contribution is -2.06. The number of imidazole rings is 1. The van der Waals surface area contributed by atoms with Crippen molar-refractivity contribution < 1.29 is 9.90 Å². The summed E-state index contributed by atoms with van der Waals surface area (Å²) in [7, 11) is 0. The zero-order valence-corrected chi connectivity index (χ0v) is 14.5. The molecular formula is C15H17BrN2O2S. The van der Waals surface area contributed by atoms with Crippen molar-refractivity contribution in [1.29, 1.82) is 0 Å². The zero-order chi connectivity index (χ0) is 15.6. The maximum absolute atomic E-state index is 10.8. The van der Waals surface area contributed by atoms with Gasteiger partial charge in [-0.3, -0.25) is 9.36 Å². The summed E-state index contributed by atoms with van der Waals surface area (Å²) >= 11 is 4.81. The van der Waals surface area contributed by atoms with E-state index in [4.69, 9.17) is 5.11 Å². The lowest BCUT2D eigenvalue weighted by molar-refractivity contribution is -0.133. The van der Waals surface area contributed by atoms with E-state index in [9.17, 15) is 4.79 Å². The molecule has 6 heteroatoms. The number of hydrogen-bond acceptors (Lipinski definition) is 3. The van der Waals surface area contributed by atoms with E-state index in [1.807, 2.05) is 29.8 Å². The Kier molecular flexibility index (Phi) is 5.11. The molecule has 0 aliphatic rings. The van der Waals surface area contributed by atoms with E-state index < -0.39 is 5.97 Å². The summed E-state index contributed by atoms with van der Waals surface area (Å²) in [6, 6.07) is 6.10. The van der Waals surface area contributed by atoms with Crippen LogP contribution < -0.4 is 0 Å². The highest BCUT2D eigenvalue weighted by Crippen LogP contribution is 2.31. The van der Waals surface area contributed by atoms with Crippen molar-refractivity contribution in [3.8, 4) is 5.69 Å². The molecule has 2 rings (SSSR count). The Labute approximate surface area is 136 Å². The van der Waals surface area contributed by atoms with Gasteiger partial charge in [0.25, 0.3) is 0 Å². The van der Waals surface area contributed by atoms with Gasteiger partial charge in [-0.15, -0.1) is 0 Å². The maximum Gasteiger partial charge on any atom is 0.313 e. The molecule has 0 fully saturated rings. The smallest absolute Gasteiger partial charge is 0.313 e. The highest BCUT2D eigenvalue weighted by Gasteiger charge is 2.17. The average Bonchev–Trinajstić information content (AvgIpc) is 2.83. The van der Waals surface area contributed by atoms with Crippen molar-refractivity contribution in [2.24, 2.45) is 0 Å².